The molecule has 2 N–H and O–H groups in total. The maximum absolute atomic E-state index is 5.29. The van der Waals surface area contributed by atoms with Gasteiger partial charge in [-0.15, -0.1) is 0 Å². The van der Waals surface area contributed by atoms with Gasteiger partial charge in [-0.05, 0) is 37.2 Å². The summed E-state index contributed by atoms with van der Waals surface area (Å²) >= 11 is 5.29. The molecule has 0 bridgehead atoms. The minimum atomic E-state index is 0.202. The highest BCUT2D eigenvalue weighted by Crippen LogP contribution is 2.16. The third kappa shape index (κ3) is 5.02. The molecule has 0 aliphatic rings. The average Bonchev–Trinajstić information content (AvgIpc) is 2.32. The number of anilines is 1. The Morgan fingerprint density at radius 2 is 2.11 bits per heavy atom. The van der Waals surface area contributed by atoms with Crippen LogP contribution in [0.5, 0.6) is 0 Å². The van der Waals surface area contributed by atoms with Gasteiger partial charge >= 0.3 is 0 Å². The summed E-state index contributed by atoms with van der Waals surface area (Å²) in [5.41, 5.74) is 2.38. The summed E-state index contributed by atoms with van der Waals surface area (Å²) in [6, 6.07) is 8.46. The van der Waals surface area contributed by atoms with Crippen molar-refractivity contribution in [3.8, 4) is 0 Å². The van der Waals surface area contributed by atoms with Crippen LogP contribution >= 0.6 is 12.2 Å². The van der Waals surface area contributed by atoms with Crippen LogP contribution in [0.3, 0.4) is 0 Å². The van der Waals surface area contributed by atoms with Crippen molar-refractivity contribution in [2.75, 3.05) is 19.0 Å². The standard InChI is InChI=1S/C14H22N2OS/c1-4-7-12-8-5-6-9-13(12)16-14(18)15-11(2)10-17-3/h5-6,8-9,11H,4,7,10H2,1-3H3,(H2,15,16,18). The second-order valence-corrected chi connectivity index (χ2v) is 4.77. The van der Waals surface area contributed by atoms with E-state index >= 15 is 0 Å². The first kappa shape index (κ1) is 14.9. The van der Waals surface area contributed by atoms with Gasteiger partial charge in [0.05, 0.1) is 6.61 Å². The number of methoxy groups -OCH3 is 1. The Morgan fingerprint density at radius 1 is 1.39 bits per heavy atom. The fraction of sp³-hybridized carbons (Fsp3) is 0.500. The molecule has 0 spiro atoms. The van der Waals surface area contributed by atoms with E-state index < -0.39 is 0 Å². The average molecular weight is 266 g/mol. The van der Waals surface area contributed by atoms with E-state index in [4.69, 9.17) is 17.0 Å². The van der Waals surface area contributed by atoms with E-state index in [-0.39, 0.29) is 6.04 Å². The number of aryl methyl sites for hydroxylation is 1. The molecule has 3 nitrogen and oxygen atoms in total. The molecule has 0 aromatic heterocycles. The second-order valence-electron chi connectivity index (χ2n) is 4.36. The Kier molecular flexibility index (Phi) is 6.68. The molecule has 1 atom stereocenters. The van der Waals surface area contributed by atoms with Crippen LogP contribution in [0.4, 0.5) is 5.69 Å². The minimum absolute atomic E-state index is 0.202. The largest absolute Gasteiger partial charge is 0.383 e. The van der Waals surface area contributed by atoms with Crippen molar-refractivity contribution in [2.24, 2.45) is 0 Å². The molecule has 0 heterocycles. The first-order valence-corrected chi connectivity index (χ1v) is 6.72. The van der Waals surface area contributed by atoms with Crippen molar-refractivity contribution in [1.82, 2.24) is 5.32 Å². The minimum Gasteiger partial charge on any atom is -0.383 e. The smallest absolute Gasteiger partial charge is 0.171 e. The molecule has 0 amide bonds. The maximum Gasteiger partial charge on any atom is 0.171 e. The summed E-state index contributed by atoms with van der Waals surface area (Å²) in [6.07, 6.45) is 2.18. The molecule has 18 heavy (non-hydrogen) atoms. The third-order valence-corrected chi connectivity index (χ3v) is 2.80. The first-order valence-electron chi connectivity index (χ1n) is 6.31. The molecular formula is C14H22N2OS. The van der Waals surface area contributed by atoms with Gasteiger partial charge in [0.15, 0.2) is 5.11 Å². The van der Waals surface area contributed by atoms with Crippen LogP contribution in [0.2, 0.25) is 0 Å². The molecule has 1 unspecified atom stereocenters. The van der Waals surface area contributed by atoms with Gasteiger partial charge in [-0.3, -0.25) is 0 Å². The zero-order chi connectivity index (χ0) is 13.4. The van der Waals surface area contributed by atoms with E-state index in [2.05, 4.69) is 35.8 Å². The Balaban J connectivity index is 2.58. The lowest BCUT2D eigenvalue weighted by Gasteiger charge is -2.17. The van der Waals surface area contributed by atoms with Gasteiger partial charge in [0, 0.05) is 18.8 Å². The number of hydrogen-bond acceptors (Lipinski definition) is 2. The molecule has 1 aromatic carbocycles. The van der Waals surface area contributed by atoms with Crippen molar-refractivity contribution in [1.29, 1.82) is 0 Å². The highest BCUT2D eigenvalue weighted by Gasteiger charge is 2.06. The maximum atomic E-state index is 5.29. The van der Waals surface area contributed by atoms with Crippen molar-refractivity contribution in [3.63, 3.8) is 0 Å². The fourth-order valence-electron chi connectivity index (χ4n) is 1.80. The summed E-state index contributed by atoms with van der Waals surface area (Å²) in [6.45, 7) is 4.85. The van der Waals surface area contributed by atoms with Crippen LogP contribution in [0, 0.1) is 0 Å². The zero-order valence-corrected chi connectivity index (χ0v) is 12.1. The SMILES string of the molecule is CCCc1ccccc1NC(=S)NC(C)COC. The van der Waals surface area contributed by atoms with Gasteiger partial charge in [-0.25, -0.2) is 0 Å². The number of nitrogens with one attached hydrogen (secondary N) is 2. The Morgan fingerprint density at radius 3 is 2.78 bits per heavy atom. The van der Waals surface area contributed by atoms with E-state index in [0.717, 1.165) is 18.5 Å². The number of hydrogen-bond donors (Lipinski definition) is 2. The topological polar surface area (TPSA) is 33.3 Å². The molecule has 1 rings (SSSR count). The van der Waals surface area contributed by atoms with Gasteiger partial charge in [-0.1, -0.05) is 31.5 Å². The lowest BCUT2D eigenvalue weighted by Crippen LogP contribution is -2.38. The molecule has 0 radical (unpaired) electrons. The molecule has 0 aliphatic carbocycles. The number of benzene rings is 1. The lowest BCUT2D eigenvalue weighted by atomic mass is 10.1. The second kappa shape index (κ2) is 8.06. The summed E-state index contributed by atoms with van der Waals surface area (Å²) in [7, 11) is 1.69. The summed E-state index contributed by atoms with van der Waals surface area (Å²) in [5, 5.41) is 7.09. The number of rotatable bonds is 6. The molecule has 100 valence electrons. The Labute approximate surface area is 115 Å². The van der Waals surface area contributed by atoms with Gasteiger partial charge < -0.3 is 15.4 Å². The first-order chi connectivity index (χ1) is 8.67. The van der Waals surface area contributed by atoms with Crippen LogP contribution < -0.4 is 10.6 Å². The Hall–Kier alpha value is -1.13. The zero-order valence-electron chi connectivity index (χ0n) is 11.3. The highest BCUT2D eigenvalue weighted by atomic mass is 32.1. The molecule has 1 aromatic rings. The number of thiocarbonyl (C=S) groups is 1. The predicted molar refractivity (Wildman–Crippen MR) is 81.1 cm³/mol. The van der Waals surface area contributed by atoms with E-state index in [1.54, 1.807) is 7.11 Å². The number of ether oxygens (including phenoxy) is 1. The quantitative estimate of drug-likeness (QED) is 0.776. The third-order valence-electron chi connectivity index (χ3n) is 2.58. The van der Waals surface area contributed by atoms with Crippen LogP contribution in [0.15, 0.2) is 24.3 Å². The highest BCUT2D eigenvalue weighted by molar-refractivity contribution is 7.80. The van der Waals surface area contributed by atoms with Gasteiger partial charge in [-0.2, -0.15) is 0 Å². The molecule has 4 heteroatoms. The van der Waals surface area contributed by atoms with Crippen LogP contribution in [-0.4, -0.2) is 24.9 Å². The van der Waals surface area contributed by atoms with Crippen molar-refractivity contribution < 1.29 is 4.74 Å². The normalized spacial score (nSPS) is 11.9. The molecule has 0 aliphatic heterocycles. The van der Waals surface area contributed by atoms with Crippen LogP contribution in [0.1, 0.15) is 25.8 Å². The summed E-state index contributed by atoms with van der Waals surface area (Å²) in [5.74, 6) is 0. The van der Waals surface area contributed by atoms with E-state index in [1.807, 2.05) is 13.0 Å². The monoisotopic (exact) mass is 266 g/mol. The predicted octanol–water partition coefficient (Wildman–Crippen LogP) is 2.96. The number of para-hydroxylation sites is 1. The van der Waals surface area contributed by atoms with Crippen molar-refractivity contribution in [2.45, 2.75) is 32.7 Å². The van der Waals surface area contributed by atoms with Gasteiger partial charge in [0.25, 0.3) is 0 Å². The fourth-order valence-corrected chi connectivity index (χ4v) is 2.11. The Bertz CT molecular complexity index is 382. The molecule has 0 saturated carbocycles. The van der Waals surface area contributed by atoms with Crippen molar-refractivity contribution >= 4 is 23.0 Å². The van der Waals surface area contributed by atoms with Crippen molar-refractivity contribution in [3.05, 3.63) is 29.8 Å². The van der Waals surface area contributed by atoms with Gasteiger partial charge in [0.2, 0.25) is 0 Å². The van der Waals surface area contributed by atoms with E-state index in [0.29, 0.717) is 11.7 Å². The van der Waals surface area contributed by atoms with E-state index in [9.17, 15) is 0 Å². The molecular weight excluding hydrogens is 244 g/mol. The summed E-state index contributed by atoms with van der Waals surface area (Å²) < 4.78 is 5.07. The molecule has 0 saturated heterocycles. The van der Waals surface area contributed by atoms with Gasteiger partial charge in [0.1, 0.15) is 0 Å². The lowest BCUT2D eigenvalue weighted by molar-refractivity contribution is 0.179. The summed E-state index contributed by atoms with van der Waals surface area (Å²) in [4.78, 5) is 0. The molecule has 0 fully saturated rings. The van der Waals surface area contributed by atoms with E-state index in [1.165, 1.54) is 5.56 Å². The van der Waals surface area contributed by atoms with Crippen LogP contribution in [-0.2, 0) is 11.2 Å². The van der Waals surface area contributed by atoms with Crippen LogP contribution in [0.25, 0.3) is 0 Å².